The lowest BCUT2D eigenvalue weighted by atomic mass is 9.82. The first-order chi connectivity index (χ1) is 17.2. The maximum Gasteiger partial charge on any atom is 0.276 e. The van der Waals surface area contributed by atoms with Gasteiger partial charge in [-0.15, -0.1) is 0 Å². The zero-order valence-corrected chi connectivity index (χ0v) is 22.0. The minimum absolute atomic E-state index is 0.0556. The molecule has 7 nitrogen and oxygen atoms in total. The second-order valence-corrected chi connectivity index (χ2v) is 11.4. The van der Waals surface area contributed by atoms with Crippen molar-refractivity contribution in [3.63, 3.8) is 0 Å². The number of hydrogen-bond acceptors (Lipinski definition) is 5. The molecule has 1 aromatic heterocycles. The highest BCUT2D eigenvalue weighted by Crippen LogP contribution is 2.35. The zero-order valence-electron chi connectivity index (χ0n) is 20.4. The third-order valence-electron chi connectivity index (χ3n) is 6.98. The standard InChI is InChI=1S/C27H31ClN4O3S/c1-18-15-24(28)7-8-25(18)26(17-27(31-33)23-9-12-30-19(2)16-23)22-5-3-20(4-6-22)21-10-13-32(14-11-21)36(29,34)35/h3-9,12,15-16,21,26,33H,10-11,13-14,17H2,1-2H3,(H2,29,34,35)/b31-27-. The van der Waals surface area contributed by atoms with Crippen LogP contribution < -0.4 is 5.14 Å². The smallest absolute Gasteiger partial charge is 0.276 e. The summed E-state index contributed by atoms with van der Waals surface area (Å²) in [4.78, 5) is 4.25. The third-order valence-corrected chi connectivity index (χ3v) is 8.30. The molecule has 0 amide bonds. The summed E-state index contributed by atoms with van der Waals surface area (Å²) in [5.41, 5.74) is 6.72. The Balaban J connectivity index is 1.62. The van der Waals surface area contributed by atoms with Gasteiger partial charge in [-0.2, -0.15) is 12.7 Å². The van der Waals surface area contributed by atoms with E-state index in [0.717, 1.165) is 40.8 Å². The Morgan fingerprint density at radius 2 is 1.83 bits per heavy atom. The third kappa shape index (κ3) is 6.13. The van der Waals surface area contributed by atoms with E-state index in [1.54, 1.807) is 6.20 Å². The molecule has 1 unspecified atom stereocenters. The van der Waals surface area contributed by atoms with Crippen molar-refractivity contribution in [2.24, 2.45) is 10.3 Å². The maximum atomic E-state index is 11.6. The Morgan fingerprint density at radius 1 is 1.14 bits per heavy atom. The molecule has 1 aliphatic heterocycles. The van der Waals surface area contributed by atoms with E-state index < -0.39 is 10.2 Å². The summed E-state index contributed by atoms with van der Waals surface area (Å²) in [6, 6.07) is 18.1. The van der Waals surface area contributed by atoms with Gasteiger partial charge in [0.25, 0.3) is 10.2 Å². The molecule has 190 valence electrons. The van der Waals surface area contributed by atoms with Crippen molar-refractivity contribution in [1.29, 1.82) is 0 Å². The molecule has 3 N–H and O–H groups in total. The van der Waals surface area contributed by atoms with Crippen LogP contribution in [0.3, 0.4) is 0 Å². The van der Waals surface area contributed by atoms with Gasteiger partial charge in [-0.05, 0) is 79.1 Å². The molecule has 0 aliphatic carbocycles. The Labute approximate surface area is 217 Å². The number of oxime groups is 1. The molecule has 2 aromatic carbocycles. The molecular weight excluding hydrogens is 496 g/mol. The van der Waals surface area contributed by atoms with Crippen molar-refractivity contribution in [3.8, 4) is 0 Å². The van der Waals surface area contributed by atoms with Crippen LogP contribution in [0.1, 0.15) is 64.6 Å². The van der Waals surface area contributed by atoms with E-state index in [1.807, 2.05) is 44.2 Å². The highest BCUT2D eigenvalue weighted by atomic mass is 35.5. The molecule has 0 radical (unpaired) electrons. The lowest BCUT2D eigenvalue weighted by Gasteiger charge is -2.30. The molecule has 9 heteroatoms. The highest BCUT2D eigenvalue weighted by molar-refractivity contribution is 7.86. The fraction of sp³-hybridized carbons (Fsp3) is 0.333. The summed E-state index contributed by atoms with van der Waals surface area (Å²) in [5, 5.41) is 19.5. The second-order valence-electron chi connectivity index (χ2n) is 9.38. The maximum absolute atomic E-state index is 11.6. The first kappa shape index (κ1) is 26.3. The van der Waals surface area contributed by atoms with Crippen LogP contribution in [-0.4, -0.2) is 41.7 Å². The predicted molar refractivity (Wildman–Crippen MR) is 143 cm³/mol. The van der Waals surface area contributed by atoms with Gasteiger partial charge in [0, 0.05) is 47.9 Å². The quantitative estimate of drug-likeness (QED) is 0.252. The Kier molecular flexibility index (Phi) is 8.10. The number of rotatable bonds is 7. The van der Waals surface area contributed by atoms with E-state index in [9.17, 15) is 13.6 Å². The molecular formula is C27H31ClN4O3S. The number of hydrogen-bond donors (Lipinski definition) is 2. The van der Waals surface area contributed by atoms with Gasteiger partial charge in [0.2, 0.25) is 0 Å². The topological polar surface area (TPSA) is 109 Å². The Bertz CT molecular complexity index is 1350. The number of aromatic nitrogens is 1. The highest BCUT2D eigenvalue weighted by Gasteiger charge is 2.27. The average Bonchev–Trinajstić information content (AvgIpc) is 2.85. The first-order valence-electron chi connectivity index (χ1n) is 11.9. The van der Waals surface area contributed by atoms with Crippen LogP contribution in [0.25, 0.3) is 0 Å². The van der Waals surface area contributed by atoms with Gasteiger partial charge in [-0.25, -0.2) is 5.14 Å². The number of pyridine rings is 1. The van der Waals surface area contributed by atoms with Gasteiger partial charge in [0.15, 0.2) is 0 Å². The van der Waals surface area contributed by atoms with Gasteiger partial charge in [-0.3, -0.25) is 4.98 Å². The summed E-state index contributed by atoms with van der Waals surface area (Å²) in [6.07, 6.45) is 3.68. The van der Waals surface area contributed by atoms with Crippen molar-refractivity contribution in [2.75, 3.05) is 13.1 Å². The monoisotopic (exact) mass is 526 g/mol. The molecule has 1 aliphatic rings. The van der Waals surface area contributed by atoms with Gasteiger partial charge in [-0.1, -0.05) is 47.1 Å². The van der Waals surface area contributed by atoms with Crippen molar-refractivity contribution in [2.45, 2.75) is 44.9 Å². The summed E-state index contributed by atoms with van der Waals surface area (Å²) in [7, 11) is -3.64. The van der Waals surface area contributed by atoms with Crippen LogP contribution in [0, 0.1) is 13.8 Å². The van der Waals surface area contributed by atoms with Crippen LogP contribution in [-0.2, 0) is 10.2 Å². The number of halogens is 1. The van der Waals surface area contributed by atoms with Crippen molar-refractivity contribution >= 4 is 27.5 Å². The normalized spacial score (nSPS) is 16.7. The molecule has 0 saturated carbocycles. The van der Waals surface area contributed by atoms with E-state index in [-0.39, 0.29) is 11.8 Å². The fourth-order valence-corrected chi connectivity index (χ4v) is 5.96. The lowest BCUT2D eigenvalue weighted by Crippen LogP contribution is -2.41. The zero-order chi connectivity index (χ0) is 25.9. The average molecular weight is 527 g/mol. The van der Waals surface area contributed by atoms with Crippen LogP contribution >= 0.6 is 11.6 Å². The predicted octanol–water partition coefficient (Wildman–Crippen LogP) is 5.14. The summed E-state index contributed by atoms with van der Waals surface area (Å²) in [5.74, 6) is 0.224. The van der Waals surface area contributed by atoms with Crippen molar-refractivity contribution < 1.29 is 13.6 Å². The molecule has 3 aromatic rings. The van der Waals surface area contributed by atoms with E-state index >= 15 is 0 Å². The van der Waals surface area contributed by atoms with Crippen molar-refractivity contribution in [3.05, 3.63) is 99.3 Å². The molecule has 1 fully saturated rings. The largest absolute Gasteiger partial charge is 0.411 e. The minimum atomic E-state index is -3.64. The fourth-order valence-electron chi connectivity index (χ4n) is 5.02. The molecule has 4 rings (SSSR count). The number of benzene rings is 2. The SMILES string of the molecule is Cc1cc(/C(CC(c2ccc(C3CCN(S(N)(=O)=O)CC3)cc2)c2ccc(Cl)cc2C)=N\O)ccn1. The van der Waals surface area contributed by atoms with Gasteiger partial charge in [0.1, 0.15) is 0 Å². The molecule has 1 saturated heterocycles. The molecule has 2 heterocycles. The summed E-state index contributed by atoms with van der Waals surface area (Å²) in [6.45, 7) is 4.80. The minimum Gasteiger partial charge on any atom is -0.411 e. The van der Waals surface area contributed by atoms with Crippen LogP contribution in [0.2, 0.25) is 5.02 Å². The first-order valence-corrected chi connectivity index (χ1v) is 13.8. The molecule has 36 heavy (non-hydrogen) atoms. The van der Waals surface area contributed by atoms with Crippen LogP contribution in [0.4, 0.5) is 0 Å². The number of nitrogens with two attached hydrogens (primary N) is 1. The van der Waals surface area contributed by atoms with Gasteiger partial charge < -0.3 is 5.21 Å². The summed E-state index contributed by atoms with van der Waals surface area (Å²) < 4.78 is 24.6. The second kappa shape index (κ2) is 11.1. The number of piperidine rings is 1. The van der Waals surface area contributed by atoms with E-state index in [2.05, 4.69) is 34.4 Å². The molecule has 0 bridgehead atoms. The number of aryl methyl sites for hydroxylation is 2. The van der Waals surface area contributed by atoms with Gasteiger partial charge >= 0.3 is 0 Å². The van der Waals surface area contributed by atoms with Crippen LogP contribution in [0.15, 0.2) is 65.9 Å². The number of nitrogens with zero attached hydrogens (tertiary/aromatic N) is 3. The van der Waals surface area contributed by atoms with Crippen LogP contribution in [0.5, 0.6) is 0 Å². The van der Waals surface area contributed by atoms with E-state index in [1.165, 1.54) is 9.87 Å². The Morgan fingerprint density at radius 3 is 2.42 bits per heavy atom. The Hall–Kier alpha value is -2.78. The molecule has 1 atom stereocenters. The van der Waals surface area contributed by atoms with Crippen molar-refractivity contribution in [1.82, 2.24) is 9.29 Å². The van der Waals surface area contributed by atoms with Gasteiger partial charge in [0.05, 0.1) is 5.71 Å². The van der Waals surface area contributed by atoms with E-state index in [4.69, 9.17) is 16.7 Å². The molecule has 0 spiro atoms. The van der Waals surface area contributed by atoms with E-state index in [0.29, 0.717) is 30.2 Å². The lowest BCUT2D eigenvalue weighted by molar-refractivity contribution is 0.317. The summed E-state index contributed by atoms with van der Waals surface area (Å²) >= 11 is 6.24.